The van der Waals surface area contributed by atoms with Crippen LogP contribution in [-0.2, 0) is 4.74 Å². The van der Waals surface area contributed by atoms with Gasteiger partial charge < -0.3 is 14.7 Å². The molecule has 0 aliphatic carbocycles. The first-order chi connectivity index (χ1) is 9.34. The summed E-state index contributed by atoms with van der Waals surface area (Å²) in [6, 6.07) is 10.3. The lowest BCUT2D eigenvalue weighted by molar-refractivity contribution is -0.165. The molecule has 3 nitrogen and oxygen atoms in total. The SMILES string of the molecule is O[C@H](CN1CCCCC1)[C@@H]1CO[C@@H]1c1ccccc1. The Kier molecular flexibility index (Phi) is 4.16. The van der Waals surface area contributed by atoms with Crippen LogP contribution in [0.2, 0.25) is 0 Å². The summed E-state index contributed by atoms with van der Waals surface area (Å²) in [7, 11) is 0. The van der Waals surface area contributed by atoms with Crippen LogP contribution in [0.5, 0.6) is 0 Å². The van der Waals surface area contributed by atoms with Crippen molar-refractivity contribution in [2.75, 3.05) is 26.2 Å². The molecule has 19 heavy (non-hydrogen) atoms. The summed E-state index contributed by atoms with van der Waals surface area (Å²) in [5, 5.41) is 10.4. The fraction of sp³-hybridized carbons (Fsp3) is 0.625. The maximum atomic E-state index is 10.4. The van der Waals surface area contributed by atoms with E-state index < -0.39 is 0 Å². The van der Waals surface area contributed by atoms with Crippen molar-refractivity contribution in [3.63, 3.8) is 0 Å². The highest BCUT2D eigenvalue weighted by molar-refractivity contribution is 5.20. The Morgan fingerprint density at radius 3 is 2.53 bits per heavy atom. The second-order valence-corrected chi connectivity index (χ2v) is 5.76. The van der Waals surface area contributed by atoms with Crippen molar-refractivity contribution in [3.05, 3.63) is 35.9 Å². The molecule has 1 N–H and O–H groups in total. The molecule has 104 valence electrons. The molecule has 0 radical (unpaired) electrons. The zero-order valence-corrected chi connectivity index (χ0v) is 11.4. The summed E-state index contributed by atoms with van der Waals surface area (Å²) in [6.07, 6.45) is 3.70. The molecule has 2 heterocycles. The Morgan fingerprint density at radius 1 is 1.16 bits per heavy atom. The van der Waals surface area contributed by atoms with E-state index in [1.807, 2.05) is 18.2 Å². The number of hydrogen-bond donors (Lipinski definition) is 1. The average molecular weight is 261 g/mol. The van der Waals surface area contributed by atoms with Gasteiger partial charge in [0.15, 0.2) is 0 Å². The van der Waals surface area contributed by atoms with Gasteiger partial charge in [-0.3, -0.25) is 0 Å². The van der Waals surface area contributed by atoms with Gasteiger partial charge in [-0.1, -0.05) is 36.8 Å². The standard InChI is InChI=1S/C16H23NO2/c18-15(11-17-9-5-2-6-10-17)14-12-19-16(14)13-7-3-1-4-8-13/h1,3-4,7-8,14-16,18H,2,5-6,9-12H2/t14-,15+,16+/m0/s1. The van der Waals surface area contributed by atoms with Crippen molar-refractivity contribution in [2.24, 2.45) is 5.92 Å². The normalized spacial score (nSPS) is 29.7. The first kappa shape index (κ1) is 13.1. The summed E-state index contributed by atoms with van der Waals surface area (Å²) in [5.74, 6) is 0.254. The number of likely N-dealkylation sites (tertiary alicyclic amines) is 1. The maximum absolute atomic E-state index is 10.4. The average Bonchev–Trinajstić information content (AvgIpc) is 2.39. The van der Waals surface area contributed by atoms with Crippen LogP contribution in [0, 0.1) is 5.92 Å². The van der Waals surface area contributed by atoms with Crippen molar-refractivity contribution >= 4 is 0 Å². The molecule has 0 unspecified atom stereocenters. The minimum Gasteiger partial charge on any atom is -0.391 e. The number of rotatable bonds is 4. The van der Waals surface area contributed by atoms with Crippen LogP contribution in [0.4, 0.5) is 0 Å². The van der Waals surface area contributed by atoms with E-state index in [2.05, 4.69) is 17.0 Å². The number of β-amino-alcohol motifs (C(OH)–C–C–N with tert-alkyl or cyclic N) is 1. The number of piperidine rings is 1. The van der Waals surface area contributed by atoms with Crippen molar-refractivity contribution in [1.29, 1.82) is 0 Å². The van der Waals surface area contributed by atoms with E-state index in [1.165, 1.54) is 24.8 Å². The van der Waals surface area contributed by atoms with E-state index >= 15 is 0 Å². The fourth-order valence-corrected chi connectivity index (χ4v) is 3.14. The van der Waals surface area contributed by atoms with E-state index in [1.54, 1.807) is 0 Å². The Balaban J connectivity index is 1.56. The number of hydrogen-bond acceptors (Lipinski definition) is 3. The predicted molar refractivity (Wildman–Crippen MR) is 74.9 cm³/mol. The lowest BCUT2D eigenvalue weighted by Gasteiger charge is -2.42. The quantitative estimate of drug-likeness (QED) is 0.902. The fourth-order valence-electron chi connectivity index (χ4n) is 3.14. The van der Waals surface area contributed by atoms with E-state index in [0.717, 1.165) is 19.6 Å². The predicted octanol–water partition coefficient (Wildman–Crippen LogP) is 2.22. The van der Waals surface area contributed by atoms with Gasteiger partial charge in [-0.25, -0.2) is 0 Å². The number of aliphatic hydroxyl groups is 1. The second kappa shape index (κ2) is 6.04. The van der Waals surface area contributed by atoms with E-state index in [-0.39, 0.29) is 18.1 Å². The molecule has 1 aromatic carbocycles. The molecular formula is C16H23NO2. The first-order valence-corrected chi connectivity index (χ1v) is 7.41. The third-order valence-corrected chi connectivity index (χ3v) is 4.37. The Hall–Kier alpha value is -0.900. The Labute approximate surface area is 115 Å². The minimum atomic E-state index is -0.267. The highest BCUT2D eigenvalue weighted by atomic mass is 16.5. The molecule has 1 aromatic rings. The summed E-state index contributed by atoms with van der Waals surface area (Å²) < 4.78 is 5.66. The summed E-state index contributed by atoms with van der Waals surface area (Å²) in [6.45, 7) is 3.77. The molecular weight excluding hydrogens is 238 g/mol. The van der Waals surface area contributed by atoms with Crippen LogP contribution in [0.25, 0.3) is 0 Å². The highest BCUT2D eigenvalue weighted by Gasteiger charge is 2.39. The Bertz CT molecular complexity index is 389. The monoisotopic (exact) mass is 261 g/mol. The largest absolute Gasteiger partial charge is 0.391 e. The summed E-state index contributed by atoms with van der Waals surface area (Å²) in [4.78, 5) is 2.40. The lowest BCUT2D eigenvalue weighted by atomic mass is 9.86. The molecule has 0 spiro atoms. The molecule has 2 fully saturated rings. The third kappa shape index (κ3) is 2.99. The van der Waals surface area contributed by atoms with Gasteiger partial charge in [0, 0.05) is 12.5 Å². The molecule has 0 aromatic heterocycles. The van der Waals surface area contributed by atoms with Gasteiger partial charge >= 0.3 is 0 Å². The van der Waals surface area contributed by atoms with Crippen molar-refractivity contribution in [2.45, 2.75) is 31.5 Å². The highest BCUT2D eigenvalue weighted by Crippen LogP contribution is 2.37. The van der Waals surface area contributed by atoms with Gasteiger partial charge in [-0.15, -0.1) is 0 Å². The first-order valence-electron chi connectivity index (χ1n) is 7.41. The van der Waals surface area contributed by atoms with Crippen LogP contribution in [-0.4, -0.2) is 42.4 Å². The number of ether oxygens (including phenoxy) is 1. The van der Waals surface area contributed by atoms with Crippen LogP contribution in [0.3, 0.4) is 0 Å². The lowest BCUT2D eigenvalue weighted by Crippen LogP contribution is -2.47. The molecule has 2 saturated heterocycles. The number of aliphatic hydroxyl groups excluding tert-OH is 1. The van der Waals surface area contributed by atoms with Gasteiger partial charge in [-0.05, 0) is 31.5 Å². The molecule has 0 bridgehead atoms. The van der Waals surface area contributed by atoms with Crippen molar-refractivity contribution < 1.29 is 9.84 Å². The number of benzene rings is 1. The van der Waals surface area contributed by atoms with Gasteiger partial charge in [-0.2, -0.15) is 0 Å². The molecule has 3 rings (SSSR count). The van der Waals surface area contributed by atoms with Crippen LogP contribution in [0.1, 0.15) is 30.9 Å². The van der Waals surface area contributed by atoms with Crippen molar-refractivity contribution in [1.82, 2.24) is 4.90 Å². The molecule has 0 amide bonds. The summed E-state index contributed by atoms with van der Waals surface area (Å²) in [5.41, 5.74) is 1.19. The van der Waals surface area contributed by atoms with Crippen molar-refractivity contribution in [3.8, 4) is 0 Å². The Morgan fingerprint density at radius 2 is 1.89 bits per heavy atom. The minimum absolute atomic E-state index is 0.0843. The molecule has 3 heteroatoms. The van der Waals surface area contributed by atoms with Crippen LogP contribution < -0.4 is 0 Å². The van der Waals surface area contributed by atoms with E-state index in [9.17, 15) is 5.11 Å². The number of nitrogens with zero attached hydrogens (tertiary/aromatic N) is 1. The zero-order valence-electron chi connectivity index (χ0n) is 11.4. The molecule has 3 atom stereocenters. The van der Waals surface area contributed by atoms with Gasteiger partial charge in [0.1, 0.15) is 0 Å². The topological polar surface area (TPSA) is 32.7 Å². The molecule has 0 saturated carbocycles. The third-order valence-electron chi connectivity index (χ3n) is 4.37. The zero-order chi connectivity index (χ0) is 13.1. The van der Waals surface area contributed by atoms with Gasteiger partial charge in [0.2, 0.25) is 0 Å². The smallest absolute Gasteiger partial charge is 0.0900 e. The second-order valence-electron chi connectivity index (χ2n) is 5.76. The van der Waals surface area contributed by atoms with E-state index in [4.69, 9.17) is 4.74 Å². The maximum Gasteiger partial charge on any atom is 0.0900 e. The van der Waals surface area contributed by atoms with E-state index in [0.29, 0.717) is 6.61 Å². The molecule has 2 aliphatic rings. The molecule has 2 aliphatic heterocycles. The van der Waals surface area contributed by atoms with Gasteiger partial charge in [0.05, 0.1) is 18.8 Å². The summed E-state index contributed by atoms with van der Waals surface area (Å²) >= 11 is 0. The van der Waals surface area contributed by atoms with Crippen LogP contribution in [0.15, 0.2) is 30.3 Å². The van der Waals surface area contributed by atoms with Crippen LogP contribution >= 0.6 is 0 Å². The van der Waals surface area contributed by atoms with Gasteiger partial charge in [0.25, 0.3) is 0 Å².